The molecule has 0 amide bonds. The molecule has 1 aromatic carbocycles. The number of aryl methyl sites for hydroxylation is 1. The predicted molar refractivity (Wildman–Crippen MR) is 65.3 cm³/mol. The van der Waals surface area contributed by atoms with E-state index in [0.717, 1.165) is 22.3 Å². The molecule has 3 aromatic rings. The van der Waals surface area contributed by atoms with Crippen LogP contribution in [0.5, 0.6) is 11.6 Å². The summed E-state index contributed by atoms with van der Waals surface area (Å²) < 4.78 is 11.1. The summed E-state index contributed by atoms with van der Waals surface area (Å²) in [6, 6.07) is 11.5. The summed E-state index contributed by atoms with van der Waals surface area (Å²) in [5.41, 5.74) is 1.93. The summed E-state index contributed by atoms with van der Waals surface area (Å²) in [5.74, 6) is 1.35. The molecular formula is C14H11NO2. The molecule has 2 aromatic heterocycles. The van der Waals surface area contributed by atoms with E-state index in [1.165, 1.54) is 0 Å². The van der Waals surface area contributed by atoms with Crippen molar-refractivity contribution in [3.63, 3.8) is 0 Å². The Bertz CT molecular complexity index is 658. The predicted octanol–water partition coefficient (Wildman–Crippen LogP) is 3.93. The van der Waals surface area contributed by atoms with Crippen LogP contribution in [0.3, 0.4) is 0 Å². The molecule has 0 bridgehead atoms. The number of furan rings is 1. The summed E-state index contributed by atoms with van der Waals surface area (Å²) in [6.07, 6.45) is 3.31. The Morgan fingerprint density at radius 2 is 2.12 bits per heavy atom. The van der Waals surface area contributed by atoms with Crippen LogP contribution >= 0.6 is 0 Å². The number of nitrogens with zero attached hydrogens (tertiary/aromatic N) is 1. The first-order valence-electron chi connectivity index (χ1n) is 5.40. The van der Waals surface area contributed by atoms with Gasteiger partial charge in [0.25, 0.3) is 0 Å². The average molecular weight is 225 g/mol. The molecule has 3 rings (SSSR count). The van der Waals surface area contributed by atoms with Crippen molar-refractivity contribution < 1.29 is 9.15 Å². The van der Waals surface area contributed by atoms with Crippen molar-refractivity contribution in [3.05, 3.63) is 54.4 Å². The van der Waals surface area contributed by atoms with Gasteiger partial charge in [0.05, 0.1) is 11.6 Å². The molecule has 0 aliphatic rings. The molecule has 0 aliphatic heterocycles. The first-order chi connectivity index (χ1) is 8.33. The van der Waals surface area contributed by atoms with Crippen molar-refractivity contribution in [2.45, 2.75) is 6.92 Å². The lowest BCUT2D eigenvalue weighted by molar-refractivity contribution is 0.468. The van der Waals surface area contributed by atoms with Crippen LogP contribution < -0.4 is 4.74 Å². The van der Waals surface area contributed by atoms with Gasteiger partial charge in [-0.2, -0.15) is 0 Å². The van der Waals surface area contributed by atoms with E-state index in [0.29, 0.717) is 5.88 Å². The van der Waals surface area contributed by atoms with Crippen molar-refractivity contribution in [2.75, 3.05) is 0 Å². The number of hydrogen-bond donors (Lipinski definition) is 0. The van der Waals surface area contributed by atoms with E-state index in [4.69, 9.17) is 9.15 Å². The topological polar surface area (TPSA) is 35.3 Å². The quantitative estimate of drug-likeness (QED) is 0.662. The molecule has 0 saturated carbocycles. The van der Waals surface area contributed by atoms with Crippen molar-refractivity contribution in [1.29, 1.82) is 0 Å². The minimum Gasteiger partial charge on any atom is -0.464 e. The maximum atomic E-state index is 5.76. The second-order valence-corrected chi connectivity index (χ2v) is 3.87. The second-order valence-electron chi connectivity index (χ2n) is 3.87. The maximum Gasteiger partial charge on any atom is 0.230 e. The standard InChI is InChI=1S/C14H11NO2/c1-10-3-2-4-11(9-10)17-14-12-6-8-16-13(12)5-7-15-14/h2-9H,1H3. The number of pyridine rings is 1. The van der Waals surface area contributed by atoms with Crippen LogP contribution in [-0.4, -0.2) is 4.98 Å². The third-order valence-corrected chi connectivity index (χ3v) is 2.55. The monoisotopic (exact) mass is 225 g/mol. The normalized spacial score (nSPS) is 10.6. The zero-order chi connectivity index (χ0) is 11.7. The summed E-state index contributed by atoms with van der Waals surface area (Å²) in [6.45, 7) is 2.03. The van der Waals surface area contributed by atoms with Crippen LogP contribution in [-0.2, 0) is 0 Å². The Morgan fingerprint density at radius 3 is 3.00 bits per heavy atom. The zero-order valence-electron chi connectivity index (χ0n) is 9.38. The number of fused-ring (bicyclic) bond motifs is 1. The van der Waals surface area contributed by atoms with Crippen LogP contribution in [0.4, 0.5) is 0 Å². The molecule has 0 N–H and O–H groups in total. The first-order valence-corrected chi connectivity index (χ1v) is 5.40. The molecule has 2 heterocycles. The third-order valence-electron chi connectivity index (χ3n) is 2.55. The fraction of sp³-hybridized carbons (Fsp3) is 0.0714. The molecule has 0 saturated heterocycles. The zero-order valence-corrected chi connectivity index (χ0v) is 9.38. The maximum absolute atomic E-state index is 5.76. The Hall–Kier alpha value is -2.29. The Labute approximate surface area is 98.7 Å². The van der Waals surface area contributed by atoms with Gasteiger partial charge in [-0.1, -0.05) is 12.1 Å². The van der Waals surface area contributed by atoms with Gasteiger partial charge in [-0.15, -0.1) is 0 Å². The number of aromatic nitrogens is 1. The second kappa shape index (κ2) is 3.94. The highest BCUT2D eigenvalue weighted by molar-refractivity contribution is 5.82. The molecule has 0 atom stereocenters. The number of ether oxygens (including phenoxy) is 1. The highest BCUT2D eigenvalue weighted by Gasteiger charge is 2.06. The van der Waals surface area contributed by atoms with Crippen molar-refractivity contribution in [3.8, 4) is 11.6 Å². The van der Waals surface area contributed by atoms with Crippen molar-refractivity contribution >= 4 is 11.0 Å². The number of benzene rings is 1. The molecule has 0 unspecified atom stereocenters. The molecule has 3 nitrogen and oxygen atoms in total. The van der Waals surface area contributed by atoms with Crippen molar-refractivity contribution in [1.82, 2.24) is 4.98 Å². The van der Waals surface area contributed by atoms with Gasteiger partial charge in [0.1, 0.15) is 11.3 Å². The van der Waals surface area contributed by atoms with Gasteiger partial charge < -0.3 is 9.15 Å². The van der Waals surface area contributed by atoms with Crippen LogP contribution in [0.15, 0.2) is 53.3 Å². The number of rotatable bonds is 2. The minimum absolute atomic E-state index is 0.571. The van der Waals surface area contributed by atoms with Crippen LogP contribution in [0.2, 0.25) is 0 Å². The minimum atomic E-state index is 0.571. The molecule has 0 fully saturated rings. The van der Waals surface area contributed by atoms with E-state index in [-0.39, 0.29) is 0 Å². The van der Waals surface area contributed by atoms with Gasteiger partial charge in [0, 0.05) is 6.20 Å². The summed E-state index contributed by atoms with van der Waals surface area (Å²) in [7, 11) is 0. The lowest BCUT2D eigenvalue weighted by Crippen LogP contribution is -1.88. The fourth-order valence-corrected chi connectivity index (χ4v) is 1.74. The van der Waals surface area contributed by atoms with E-state index in [1.54, 1.807) is 12.5 Å². The molecule has 0 aliphatic carbocycles. The summed E-state index contributed by atoms with van der Waals surface area (Å²) in [4.78, 5) is 4.22. The smallest absolute Gasteiger partial charge is 0.230 e. The van der Waals surface area contributed by atoms with Gasteiger partial charge in [0.2, 0.25) is 5.88 Å². The first kappa shape index (κ1) is 9.90. The lowest BCUT2D eigenvalue weighted by Gasteiger charge is -2.05. The van der Waals surface area contributed by atoms with Crippen molar-refractivity contribution in [2.24, 2.45) is 0 Å². The molecule has 84 valence electrons. The molecule has 0 radical (unpaired) electrons. The molecular weight excluding hydrogens is 214 g/mol. The average Bonchev–Trinajstić information content (AvgIpc) is 2.78. The van der Waals surface area contributed by atoms with Crippen LogP contribution in [0, 0.1) is 6.92 Å². The van der Waals surface area contributed by atoms with Gasteiger partial charge in [-0.25, -0.2) is 4.98 Å². The number of hydrogen-bond acceptors (Lipinski definition) is 3. The van der Waals surface area contributed by atoms with Crippen LogP contribution in [0.1, 0.15) is 5.56 Å². The molecule has 0 spiro atoms. The Balaban J connectivity index is 2.02. The third kappa shape index (κ3) is 1.87. The van der Waals surface area contributed by atoms with E-state index in [2.05, 4.69) is 4.98 Å². The lowest BCUT2D eigenvalue weighted by atomic mass is 10.2. The van der Waals surface area contributed by atoms with Gasteiger partial charge in [0.15, 0.2) is 0 Å². The van der Waals surface area contributed by atoms with E-state index >= 15 is 0 Å². The Kier molecular flexibility index (Phi) is 2.29. The molecule has 3 heteroatoms. The van der Waals surface area contributed by atoms with E-state index in [9.17, 15) is 0 Å². The fourth-order valence-electron chi connectivity index (χ4n) is 1.74. The van der Waals surface area contributed by atoms with Crippen LogP contribution in [0.25, 0.3) is 11.0 Å². The van der Waals surface area contributed by atoms with E-state index < -0.39 is 0 Å². The largest absolute Gasteiger partial charge is 0.464 e. The summed E-state index contributed by atoms with van der Waals surface area (Å²) >= 11 is 0. The SMILES string of the molecule is Cc1cccc(Oc2nccc3occc23)c1. The van der Waals surface area contributed by atoms with Gasteiger partial charge in [-0.05, 0) is 36.8 Å². The van der Waals surface area contributed by atoms with Gasteiger partial charge in [-0.3, -0.25) is 0 Å². The van der Waals surface area contributed by atoms with Gasteiger partial charge >= 0.3 is 0 Å². The summed E-state index contributed by atoms with van der Waals surface area (Å²) in [5, 5.41) is 0.883. The highest BCUT2D eigenvalue weighted by atomic mass is 16.5. The Morgan fingerprint density at radius 1 is 1.18 bits per heavy atom. The highest BCUT2D eigenvalue weighted by Crippen LogP contribution is 2.28. The van der Waals surface area contributed by atoms with E-state index in [1.807, 2.05) is 43.3 Å². The molecule has 17 heavy (non-hydrogen) atoms.